The Morgan fingerprint density at radius 3 is 2.71 bits per heavy atom. The minimum Gasteiger partial charge on any atom is -0.376 e. The van der Waals surface area contributed by atoms with Crippen LogP contribution in [0.2, 0.25) is 0 Å². The Kier molecular flexibility index (Phi) is 5.57. The first-order valence-electron chi connectivity index (χ1n) is 11.7. The van der Waals surface area contributed by atoms with Gasteiger partial charge in [-0.3, -0.25) is 4.79 Å². The molecule has 1 saturated heterocycles. The Balaban J connectivity index is 1.57. The van der Waals surface area contributed by atoms with Crippen LogP contribution in [0.25, 0.3) is 22.4 Å². The van der Waals surface area contributed by atoms with Crippen molar-refractivity contribution >= 4 is 22.8 Å². The van der Waals surface area contributed by atoms with E-state index in [-0.39, 0.29) is 17.9 Å². The van der Waals surface area contributed by atoms with Crippen LogP contribution in [0, 0.1) is 19.8 Å². The Hall–Kier alpha value is -2.60. The lowest BCUT2D eigenvalue weighted by atomic mass is 9.88. The second-order valence-electron chi connectivity index (χ2n) is 9.11. The van der Waals surface area contributed by atoms with Crippen LogP contribution in [0.1, 0.15) is 56.2 Å². The third-order valence-corrected chi connectivity index (χ3v) is 7.08. The summed E-state index contributed by atoms with van der Waals surface area (Å²) < 4.78 is 8.18. The summed E-state index contributed by atoms with van der Waals surface area (Å²) in [7, 11) is 0. The number of carbonyl (C=O) groups is 1. The van der Waals surface area contributed by atoms with Gasteiger partial charge in [-0.1, -0.05) is 31.4 Å². The van der Waals surface area contributed by atoms with E-state index in [2.05, 4.69) is 28.7 Å². The topological polar surface area (TPSA) is 71.9 Å². The van der Waals surface area contributed by atoms with Crippen LogP contribution in [0.4, 0.5) is 5.82 Å². The highest BCUT2D eigenvalue weighted by atomic mass is 16.5. The number of aromatic nitrogens is 3. The number of hydrogen-bond donors (Lipinski definition) is 2. The van der Waals surface area contributed by atoms with E-state index < -0.39 is 0 Å². The number of H-pyrrole nitrogens is 1. The maximum atomic E-state index is 13.2. The Bertz CT molecular complexity index is 1050. The summed E-state index contributed by atoms with van der Waals surface area (Å²) in [4.78, 5) is 21.6. The molecule has 1 aliphatic heterocycles. The molecular formula is C25H32N4O2. The van der Waals surface area contributed by atoms with E-state index in [9.17, 15) is 4.79 Å². The van der Waals surface area contributed by atoms with Crippen molar-refractivity contribution in [3.8, 4) is 11.4 Å². The molecular weight excluding hydrogens is 388 g/mol. The number of fused-ring (bicyclic) bond motifs is 1. The van der Waals surface area contributed by atoms with Crippen molar-refractivity contribution in [2.75, 3.05) is 11.9 Å². The number of aromatic amines is 1. The first-order valence-corrected chi connectivity index (χ1v) is 11.7. The molecule has 6 heteroatoms. The molecule has 3 aromatic rings. The second-order valence-corrected chi connectivity index (χ2v) is 9.11. The van der Waals surface area contributed by atoms with Crippen molar-refractivity contribution in [1.82, 2.24) is 14.5 Å². The molecule has 1 amide bonds. The molecule has 0 bridgehead atoms. The molecule has 0 radical (unpaired) electrons. The maximum absolute atomic E-state index is 13.2. The number of rotatable bonds is 5. The molecule has 5 rings (SSSR count). The lowest BCUT2D eigenvalue weighted by Gasteiger charge is -2.22. The zero-order valence-corrected chi connectivity index (χ0v) is 18.5. The van der Waals surface area contributed by atoms with Gasteiger partial charge in [-0.05, 0) is 57.2 Å². The van der Waals surface area contributed by atoms with Gasteiger partial charge < -0.3 is 19.6 Å². The van der Waals surface area contributed by atoms with Gasteiger partial charge in [0, 0.05) is 18.2 Å². The van der Waals surface area contributed by atoms with E-state index in [0.717, 1.165) is 91.2 Å². The number of hydrogen-bond acceptors (Lipinski definition) is 3. The highest BCUT2D eigenvalue weighted by Crippen LogP contribution is 2.37. The summed E-state index contributed by atoms with van der Waals surface area (Å²) in [6.45, 7) is 5.84. The molecule has 164 valence electrons. The van der Waals surface area contributed by atoms with Gasteiger partial charge in [-0.15, -0.1) is 0 Å². The quantitative estimate of drug-likeness (QED) is 0.585. The lowest BCUT2D eigenvalue weighted by molar-refractivity contribution is -0.120. The summed E-state index contributed by atoms with van der Waals surface area (Å²) in [5, 5.41) is 3.34. The Labute approximate surface area is 183 Å². The van der Waals surface area contributed by atoms with Crippen molar-refractivity contribution in [3.05, 3.63) is 35.5 Å². The van der Waals surface area contributed by atoms with Gasteiger partial charge in [0.2, 0.25) is 5.91 Å². The standard InChI is InChI=1S/C25H32N4O2/c1-16-17(2)29(15-19-11-8-14-31-19)24(28-25(30)18-9-4-3-5-10-18)22(16)23-26-20-12-6-7-13-21(20)27-23/h6-7,12-13,18-19H,3-5,8-11,14-15H2,1-2H3,(H,26,27)(H,28,30). The summed E-state index contributed by atoms with van der Waals surface area (Å²) in [6.07, 6.45) is 7.84. The second kappa shape index (κ2) is 8.50. The van der Waals surface area contributed by atoms with E-state index in [1.165, 1.54) is 6.42 Å². The molecule has 6 nitrogen and oxygen atoms in total. The zero-order valence-electron chi connectivity index (χ0n) is 18.5. The van der Waals surface area contributed by atoms with Gasteiger partial charge in [0.25, 0.3) is 0 Å². The van der Waals surface area contributed by atoms with Gasteiger partial charge >= 0.3 is 0 Å². The van der Waals surface area contributed by atoms with E-state index in [0.29, 0.717) is 0 Å². The van der Waals surface area contributed by atoms with Crippen LogP contribution in [0.5, 0.6) is 0 Å². The lowest BCUT2D eigenvalue weighted by Crippen LogP contribution is -2.27. The van der Waals surface area contributed by atoms with Gasteiger partial charge in [0.05, 0.1) is 29.2 Å². The minimum absolute atomic E-state index is 0.101. The molecule has 0 spiro atoms. The number of amides is 1. The maximum Gasteiger partial charge on any atom is 0.228 e. The van der Waals surface area contributed by atoms with E-state index >= 15 is 0 Å². The number of benzene rings is 1. The summed E-state index contributed by atoms with van der Waals surface area (Å²) in [5.74, 6) is 1.92. The molecule has 1 aromatic carbocycles. The average molecular weight is 421 g/mol. The third-order valence-electron chi connectivity index (χ3n) is 7.08. The van der Waals surface area contributed by atoms with E-state index in [1.807, 2.05) is 24.3 Å². The largest absolute Gasteiger partial charge is 0.376 e. The highest BCUT2D eigenvalue weighted by molar-refractivity contribution is 5.97. The van der Waals surface area contributed by atoms with Gasteiger partial charge in [-0.2, -0.15) is 0 Å². The van der Waals surface area contributed by atoms with E-state index in [4.69, 9.17) is 9.72 Å². The first-order chi connectivity index (χ1) is 15.1. The summed E-state index contributed by atoms with van der Waals surface area (Å²) in [6, 6.07) is 8.06. The summed E-state index contributed by atoms with van der Waals surface area (Å²) >= 11 is 0. The number of ether oxygens (including phenoxy) is 1. The number of carbonyl (C=O) groups excluding carboxylic acids is 1. The Morgan fingerprint density at radius 2 is 1.97 bits per heavy atom. The smallest absolute Gasteiger partial charge is 0.228 e. The summed E-state index contributed by atoms with van der Waals surface area (Å²) in [5.41, 5.74) is 5.24. The van der Waals surface area contributed by atoms with Crippen LogP contribution < -0.4 is 5.32 Å². The van der Waals surface area contributed by atoms with Crippen molar-refractivity contribution in [2.24, 2.45) is 5.92 Å². The fourth-order valence-electron chi connectivity index (χ4n) is 5.16. The monoisotopic (exact) mass is 420 g/mol. The van der Waals surface area contributed by atoms with Crippen molar-refractivity contribution < 1.29 is 9.53 Å². The number of anilines is 1. The van der Waals surface area contributed by atoms with Crippen LogP contribution in [0.3, 0.4) is 0 Å². The fraction of sp³-hybridized carbons (Fsp3) is 0.520. The zero-order chi connectivity index (χ0) is 21.4. The predicted octanol–water partition coefficient (Wildman–Crippen LogP) is 5.35. The van der Waals surface area contributed by atoms with Crippen molar-refractivity contribution in [3.63, 3.8) is 0 Å². The minimum atomic E-state index is 0.101. The molecule has 31 heavy (non-hydrogen) atoms. The van der Waals surface area contributed by atoms with E-state index in [1.54, 1.807) is 0 Å². The molecule has 2 aliphatic rings. The van der Waals surface area contributed by atoms with Gasteiger partial charge in [-0.25, -0.2) is 4.98 Å². The van der Waals surface area contributed by atoms with Gasteiger partial charge in [0.15, 0.2) is 0 Å². The van der Waals surface area contributed by atoms with Gasteiger partial charge in [0.1, 0.15) is 11.6 Å². The molecule has 1 unspecified atom stereocenters. The van der Waals surface area contributed by atoms with Crippen LogP contribution in [0.15, 0.2) is 24.3 Å². The number of nitrogens with one attached hydrogen (secondary N) is 2. The molecule has 2 N–H and O–H groups in total. The first kappa shape index (κ1) is 20.3. The van der Waals surface area contributed by atoms with Crippen LogP contribution >= 0.6 is 0 Å². The van der Waals surface area contributed by atoms with Crippen LogP contribution in [-0.2, 0) is 16.1 Å². The third kappa shape index (κ3) is 3.89. The number of imidazole rings is 1. The molecule has 3 heterocycles. The predicted molar refractivity (Wildman–Crippen MR) is 123 cm³/mol. The molecule has 1 aliphatic carbocycles. The normalized spacial score (nSPS) is 19.9. The Morgan fingerprint density at radius 1 is 1.16 bits per heavy atom. The number of para-hydroxylation sites is 2. The molecule has 2 aromatic heterocycles. The molecule has 2 fully saturated rings. The SMILES string of the molecule is Cc1c(-c2nc3ccccc3[nH]2)c(NC(=O)C2CCCCC2)n(CC2CCCO2)c1C. The highest BCUT2D eigenvalue weighted by Gasteiger charge is 2.28. The molecule has 1 atom stereocenters. The average Bonchev–Trinajstić information content (AvgIpc) is 3.50. The van der Waals surface area contributed by atoms with Crippen LogP contribution in [-0.4, -0.2) is 33.2 Å². The van der Waals surface area contributed by atoms with Crippen molar-refractivity contribution in [2.45, 2.75) is 71.4 Å². The fourth-order valence-corrected chi connectivity index (χ4v) is 5.16. The molecule has 1 saturated carbocycles. The van der Waals surface area contributed by atoms with Crippen molar-refractivity contribution in [1.29, 1.82) is 0 Å². The number of nitrogens with zero attached hydrogens (tertiary/aromatic N) is 2.